The van der Waals surface area contributed by atoms with Crippen molar-refractivity contribution < 1.29 is 4.74 Å². The minimum absolute atomic E-state index is 0.294. The molecular weight excluding hydrogens is 295 g/mol. The molecule has 0 saturated carbocycles. The summed E-state index contributed by atoms with van der Waals surface area (Å²) < 4.78 is 5.84. The predicted octanol–water partition coefficient (Wildman–Crippen LogP) is 3.54. The summed E-state index contributed by atoms with van der Waals surface area (Å²) in [5.41, 5.74) is 2.92. The minimum Gasteiger partial charge on any atom is -0.371 e. The largest absolute Gasteiger partial charge is 0.371 e. The maximum atomic E-state index is 6.18. The van der Waals surface area contributed by atoms with Gasteiger partial charge in [0.1, 0.15) is 5.15 Å². The fourth-order valence-corrected chi connectivity index (χ4v) is 2.49. The maximum absolute atomic E-state index is 6.18. The Kier molecular flexibility index (Phi) is 4.22. The van der Waals surface area contributed by atoms with Gasteiger partial charge in [-0.1, -0.05) is 29.3 Å². The molecule has 1 saturated heterocycles. The quantitative estimate of drug-likeness (QED) is 0.877. The Hall–Kier alpha value is -1.13. The average Bonchev–Trinajstić information content (AvgIpc) is 2.39. The third-order valence-electron chi connectivity index (χ3n) is 3.34. The monoisotopic (exact) mass is 308 g/mol. The maximum Gasteiger partial charge on any atom is 0.136 e. The lowest BCUT2D eigenvalue weighted by atomic mass is 10.0. The number of halogens is 2. The number of rotatable bonds is 4. The zero-order valence-corrected chi connectivity index (χ0v) is 12.3. The lowest BCUT2D eigenvalue weighted by Crippen LogP contribution is -2.48. The molecule has 0 amide bonds. The second-order valence-electron chi connectivity index (χ2n) is 4.73. The molecule has 5 heteroatoms. The number of hydrogen-bond acceptors (Lipinski definition) is 3. The van der Waals surface area contributed by atoms with Gasteiger partial charge in [0.05, 0.1) is 12.7 Å². The van der Waals surface area contributed by atoms with E-state index in [1.54, 1.807) is 6.20 Å². The van der Waals surface area contributed by atoms with E-state index in [9.17, 15) is 0 Å². The summed E-state index contributed by atoms with van der Waals surface area (Å²) in [5, 5.41) is 4.33. The summed E-state index contributed by atoms with van der Waals surface area (Å²) in [7, 11) is 0. The third kappa shape index (κ3) is 2.96. The Balaban J connectivity index is 1.91. The van der Waals surface area contributed by atoms with Crippen molar-refractivity contribution in [3.05, 3.63) is 52.3 Å². The van der Waals surface area contributed by atoms with E-state index < -0.39 is 0 Å². The molecule has 3 rings (SSSR count). The van der Waals surface area contributed by atoms with Gasteiger partial charge in [0, 0.05) is 29.9 Å². The molecular formula is C15H14Cl2N2O. The highest BCUT2D eigenvalue weighted by Gasteiger charge is 2.18. The normalized spacial score (nSPS) is 15.1. The van der Waals surface area contributed by atoms with Crippen molar-refractivity contribution in [3.63, 3.8) is 0 Å². The minimum atomic E-state index is 0.294. The summed E-state index contributed by atoms with van der Waals surface area (Å²) in [4.78, 5) is 4.12. The van der Waals surface area contributed by atoms with Crippen molar-refractivity contribution in [2.75, 3.05) is 13.1 Å². The molecule has 2 aromatic rings. The molecule has 20 heavy (non-hydrogen) atoms. The Bertz CT molecular complexity index is 615. The molecule has 1 N–H and O–H groups in total. The third-order valence-corrected chi connectivity index (χ3v) is 3.88. The van der Waals surface area contributed by atoms with Crippen LogP contribution in [0.15, 0.2) is 36.5 Å². The summed E-state index contributed by atoms with van der Waals surface area (Å²) in [6.07, 6.45) is 1.97. The molecule has 0 spiro atoms. The van der Waals surface area contributed by atoms with Crippen LogP contribution in [0.3, 0.4) is 0 Å². The number of hydrogen-bond donors (Lipinski definition) is 1. The van der Waals surface area contributed by atoms with E-state index in [2.05, 4.69) is 10.3 Å². The van der Waals surface area contributed by atoms with Crippen molar-refractivity contribution in [1.82, 2.24) is 10.3 Å². The number of nitrogens with zero attached hydrogens (tertiary/aromatic N) is 1. The first kappa shape index (κ1) is 13.8. The van der Waals surface area contributed by atoms with E-state index in [0.717, 1.165) is 29.8 Å². The Labute approximate surface area is 127 Å². The van der Waals surface area contributed by atoms with E-state index in [1.165, 1.54) is 0 Å². The zero-order valence-electron chi connectivity index (χ0n) is 10.8. The van der Waals surface area contributed by atoms with E-state index in [4.69, 9.17) is 27.9 Å². The molecule has 2 heterocycles. The van der Waals surface area contributed by atoms with Crippen LogP contribution in [0.4, 0.5) is 0 Å². The van der Waals surface area contributed by atoms with E-state index in [0.29, 0.717) is 22.9 Å². The van der Waals surface area contributed by atoms with Gasteiger partial charge in [-0.2, -0.15) is 0 Å². The van der Waals surface area contributed by atoms with Crippen LogP contribution in [0.5, 0.6) is 0 Å². The van der Waals surface area contributed by atoms with Gasteiger partial charge in [-0.05, 0) is 35.4 Å². The molecule has 1 aromatic heterocycles. The Morgan fingerprint density at radius 3 is 2.75 bits per heavy atom. The Morgan fingerprint density at radius 1 is 1.20 bits per heavy atom. The van der Waals surface area contributed by atoms with E-state index in [1.807, 2.05) is 30.3 Å². The van der Waals surface area contributed by atoms with Crippen LogP contribution in [0.25, 0.3) is 11.1 Å². The van der Waals surface area contributed by atoms with Crippen LogP contribution in [-0.4, -0.2) is 24.2 Å². The summed E-state index contributed by atoms with van der Waals surface area (Å²) in [5.74, 6) is 0. The first-order valence-corrected chi connectivity index (χ1v) is 7.21. The van der Waals surface area contributed by atoms with Gasteiger partial charge in [-0.15, -0.1) is 0 Å². The topological polar surface area (TPSA) is 34.1 Å². The highest BCUT2D eigenvalue weighted by Crippen LogP contribution is 2.31. The number of nitrogens with one attached hydrogen (secondary N) is 1. The molecule has 3 nitrogen and oxygen atoms in total. The molecule has 0 unspecified atom stereocenters. The molecule has 104 valence electrons. The fraction of sp³-hybridized carbons (Fsp3) is 0.267. The summed E-state index contributed by atoms with van der Waals surface area (Å²) in [6.45, 7) is 2.37. The lowest BCUT2D eigenvalue weighted by molar-refractivity contribution is 0.00778. The second kappa shape index (κ2) is 6.10. The SMILES string of the molecule is Clc1ccc(COC2CNC2)c(-c2cccnc2Cl)c1. The number of aromatic nitrogens is 1. The molecule has 1 aliphatic heterocycles. The van der Waals surface area contributed by atoms with Gasteiger partial charge in [-0.25, -0.2) is 4.98 Å². The van der Waals surface area contributed by atoms with Gasteiger partial charge < -0.3 is 10.1 Å². The van der Waals surface area contributed by atoms with Gasteiger partial charge in [-0.3, -0.25) is 0 Å². The van der Waals surface area contributed by atoms with Crippen LogP contribution < -0.4 is 5.32 Å². The smallest absolute Gasteiger partial charge is 0.136 e. The molecule has 0 aliphatic carbocycles. The summed E-state index contributed by atoms with van der Waals surface area (Å²) in [6, 6.07) is 9.56. The molecule has 0 atom stereocenters. The standard InChI is InChI=1S/C15H14Cl2N2O/c16-11-4-3-10(9-20-12-7-18-8-12)14(6-11)13-2-1-5-19-15(13)17/h1-6,12,18H,7-9H2. The fourth-order valence-electron chi connectivity index (χ4n) is 2.10. The molecule has 0 bridgehead atoms. The van der Waals surface area contributed by atoms with Crippen molar-refractivity contribution in [2.24, 2.45) is 0 Å². The van der Waals surface area contributed by atoms with Gasteiger partial charge >= 0.3 is 0 Å². The first-order valence-electron chi connectivity index (χ1n) is 6.45. The van der Waals surface area contributed by atoms with Crippen LogP contribution in [-0.2, 0) is 11.3 Å². The van der Waals surface area contributed by atoms with Gasteiger partial charge in [0.15, 0.2) is 0 Å². The highest BCUT2D eigenvalue weighted by molar-refractivity contribution is 6.33. The van der Waals surface area contributed by atoms with Gasteiger partial charge in [0.25, 0.3) is 0 Å². The van der Waals surface area contributed by atoms with Crippen molar-refractivity contribution in [1.29, 1.82) is 0 Å². The van der Waals surface area contributed by atoms with E-state index in [-0.39, 0.29) is 0 Å². The van der Waals surface area contributed by atoms with Crippen LogP contribution in [0.1, 0.15) is 5.56 Å². The second-order valence-corrected chi connectivity index (χ2v) is 5.53. The molecule has 1 fully saturated rings. The van der Waals surface area contributed by atoms with Crippen molar-refractivity contribution in [3.8, 4) is 11.1 Å². The molecule has 1 aromatic carbocycles. The lowest BCUT2D eigenvalue weighted by Gasteiger charge is -2.27. The first-order chi connectivity index (χ1) is 9.74. The zero-order chi connectivity index (χ0) is 13.9. The summed E-state index contributed by atoms with van der Waals surface area (Å²) >= 11 is 12.3. The van der Waals surface area contributed by atoms with Crippen LogP contribution in [0.2, 0.25) is 10.2 Å². The van der Waals surface area contributed by atoms with E-state index >= 15 is 0 Å². The van der Waals surface area contributed by atoms with Crippen LogP contribution in [0, 0.1) is 0 Å². The van der Waals surface area contributed by atoms with Crippen LogP contribution >= 0.6 is 23.2 Å². The van der Waals surface area contributed by atoms with Crippen molar-refractivity contribution >= 4 is 23.2 Å². The number of pyridine rings is 1. The van der Waals surface area contributed by atoms with Gasteiger partial charge in [0.2, 0.25) is 0 Å². The highest BCUT2D eigenvalue weighted by atomic mass is 35.5. The average molecular weight is 309 g/mol. The number of benzene rings is 1. The predicted molar refractivity (Wildman–Crippen MR) is 81.1 cm³/mol. The van der Waals surface area contributed by atoms with Crippen molar-refractivity contribution in [2.45, 2.75) is 12.7 Å². The molecule has 0 radical (unpaired) electrons. The number of ether oxygens (including phenoxy) is 1. The molecule has 1 aliphatic rings. The Morgan fingerprint density at radius 2 is 2.05 bits per heavy atom.